The number of nitrogens with one attached hydrogen (secondary N) is 1. The lowest BCUT2D eigenvalue weighted by atomic mass is 9.99. The van der Waals surface area contributed by atoms with Gasteiger partial charge in [0.15, 0.2) is 9.84 Å². The zero-order valence-electron chi connectivity index (χ0n) is 14.3. The van der Waals surface area contributed by atoms with Crippen molar-refractivity contribution in [2.45, 2.75) is 12.8 Å². The molecule has 0 spiro atoms. The Labute approximate surface area is 171 Å². The van der Waals surface area contributed by atoms with Crippen LogP contribution in [0.1, 0.15) is 12.8 Å². The number of benzene rings is 1. The molecule has 0 bridgehead atoms. The van der Waals surface area contributed by atoms with Gasteiger partial charge in [-0.25, -0.2) is 8.42 Å². The number of aromatic nitrogens is 2. The fourth-order valence-corrected chi connectivity index (χ4v) is 5.37. The average Bonchev–Trinajstić information content (AvgIpc) is 3.12. The number of anilines is 1. The van der Waals surface area contributed by atoms with Crippen molar-refractivity contribution in [1.29, 1.82) is 0 Å². The molecule has 2 aromatic rings. The van der Waals surface area contributed by atoms with Crippen LogP contribution in [0.15, 0.2) is 18.1 Å². The lowest BCUT2D eigenvalue weighted by Gasteiger charge is -2.31. The van der Waals surface area contributed by atoms with Crippen LogP contribution in [0.25, 0.3) is 11.0 Å². The SMILES string of the molecule is C=CS(=O)(=O)CC1CCN(C(=O)CNc2c(Cl)cc(Cl)c3nsnc23)CC1. The number of hydrogen-bond donors (Lipinski definition) is 1. The molecule has 0 unspecified atom stereocenters. The van der Waals surface area contributed by atoms with Crippen LogP contribution in [-0.4, -0.2) is 53.4 Å². The molecular weight excluding hydrogens is 431 g/mol. The van der Waals surface area contributed by atoms with Gasteiger partial charge in [0.25, 0.3) is 0 Å². The maximum atomic E-state index is 12.5. The van der Waals surface area contributed by atoms with Crippen LogP contribution in [0.3, 0.4) is 0 Å². The molecule has 1 fully saturated rings. The summed E-state index contributed by atoms with van der Waals surface area (Å²) in [4.78, 5) is 14.2. The van der Waals surface area contributed by atoms with Gasteiger partial charge in [0.05, 0.1) is 39.8 Å². The van der Waals surface area contributed by atoms with Crippen molar-refractivity contribution in [3.05, 3.63) is 28.1 Å². The van der Waals surface area contributed by atoms with Gasteiger partial charge in [-0.1, -0.05) is 29.8 Å². The Hall–Kier alpha value is -1.42. The Balaban J connectivity index is 1.58. The molecule has 0 radical (unpaired) electrons. The van der Waals surface area contributed by atoms with Gasteiger partial charge in [0.2, 0.25) is 5.91 Å². The average molecular weight is 449 g/mol. The molecule has 1 amide bonds. The van der Waals surface area contributed by atoms with E-state index in [0.717, 1.165) is 17.1 Å². The van der Waals surface area contributed by atoms with Crippen molar-refractivity contribution in [1.82, 2.24) is 13.6 Å². The molecule has 2 heterocycles. The molecular formula is C16H18Cl2N4O3S2. The molecule has 1 aliphatic rings. The van der Waals surface area contributed by atoms with E-state index in [-0.39, 0.29) is 24.1 Å². The fraction of sp³-hybridized carbons (Fsp3) is 0.438. The number of likely N-dealkylation sites (tertiary alicyclic amines) is 1. The third-order valence-electron chi connectivity index (χ3n) is 4.55. The highest BCUT2D eigenvalue weighted by Crippen LogP contribution is 2.35. The summed E-state index contributed by atoms with van der Waals surface area (Å²) in [5, 5.41) is 4.83. The molecule has 1 N–H and O–H groups in total. The molecule has 0 atom stereocenters. The molecule has 27 heavy (non-hydrogen) atoms. The maximum Gasteiger partial charge on any atom is 0.241 e. The van der Waals surface area contributed by atoms with E-state index in [1.807, 2.05) is 0 Å². The summed E-state index contributed by atoms with van der Waals surface area (Å²) < 4.78 is 31.6. The number of carbonyl (C=O) groups is 1. The van der Waals surface area contributed by atoms with E-state index in [1.54, 1.807) is 11.0 Å². The van der Waals surface area contributed by atoms with Crippen molar-refractivity contribution in [2.24, 2.45) is 5.92 Å². The Morgan fingerprint density at radius 2 is 1.96 bits per heavy atom. The predicted octanol–water partition coefficient (Wildman–Crippen LogP) is 3.21. The van der Waals surface area contributed by atoms with Crippen molar-refractivity contribution >= 4 is 67.4 Å². The summed E-state index contributed by atoms with van der Waals surface area (Å²) in [6.45, 7) is 4.45. The number of halogens is 2. The number of hydrogen-bond acceptors (Lipinski definition) is 7. The zero-order chi connectivity index (χ0) is 19.6. The summed E-state index contributed by atoms with van der Waals surface area (Å²) in [6.07, 6.45) is 1.31. The van der Waals surface area contributed by atoms with Crippen molar-refractivity contribution in [3.8, 4) is 0 Å². The molecule has 1 aromatic heterocycles. The van der Waals surface area contributed by atoms with Crippen LogP contribution in [0.2, 0.25) is 10.0 Å². The van der Waals surface area contributed by atoms with Crippen LogP contribution in [0.5, 0.6) is 0 Å². The Kier molecular flexibility index (Phi) is 6.25. The third kappa shape index (κ3) is 4.71. The van der Waals surface area contributed by atoms with Gasteiger partial charge >= 0.3 is 0 Å². The predicted molar refractivity (Wildman–Crippen MR) is 109 cm³/mol. The first-order chi connectivity index (χ1) is 12.8. The smallest absolute Gasteiger partial charge is 0.241 e. The van der Waals surface area contributed by atoms with Crippen molar-refractivity contribution in [3.63, 3.8) is 0 Å². The fourth-order valence-electron chi connectivity index (χ4n) is 3.06. The van der Waals surface area contributed by atoms with Gasteiger partial charge in [-0.3, -0.25) is 4.79 Å². The van der Waals surface area contributed by atoms with E-state index in [0.29, 0.717) is 52.7 Å². The first-order valence-corrected chi connectivity index (χ1v) is 11.5. The number of piperidine rings is 1. The third-order valence-corrected chi connectivity index (χ3v) is 7.11. The molecule has 1 aliphatic heterocycles. The Morgan fingerprint density at radius 1 is 1.30 bits per heavy atom. The summed E-state index contributed by atoms with van der Waals surface area (Å²) in [7, 11) is -3.22. The number of rotatable bonds is 6. The molecule has 146 valence electrons. The van der Waals surface area contributed by atoms with Crippen molar-refractivity contribution < 1.29 is 13.2 Å². The number of carbonyl (C=O) groups excluding carboxylic acids is 1. The van der Waals surface area contributed by atoms with Crippen LogP contribution >= 0.6 is 34.9 Å². The van der Waals surface area contributed by atoms with E-state index in [9.17, 15) is 13.2 Å². The van der Waals surface area contributed by atoms with Gasteiger partial charge in [0, 0.05) is 18.5 Å². The molecule has 0 saturated carbocycles. The molecule has 0 aliphatic carbocycles. The van der Waals surface area contributed by atoms with E-state index in [2.05, 4.69) is 20.6 Å². The van der Waals surface area contributed by atoms with Crippen LogP contribution in [0, 0.1) is 5.92 Å². The Morgan fingerprint density at radius 3 is 2.63 bits per heavy atom. The highest BCUT2D eigenvalue weighted by Gasteiger charge is 2.26. The number of amides is 1. The minimum Gasteiger partial charge on any atom is -0.373 e. The lowest BCUT2D eigenvalue weighted by molar-refractivity contribution is -0.130. The standard InChI is InChI=1S/C16H18Cl2N4O3S2/c1-2-27(24,25)9-10-3-5-22(6-4-10)13(23)8-19-14-11(17)7-12(18)15-16(14)21-26-20-15/h2,7,10,19H,1,3-6,8-9H2. The highest BCUT2D eigenvalue weighted by molar-refractivity contribution is 7.94. The van der Waals surface area contributed by atoms with Crippen LogP contribution in [-0.2, 0) is 14.6 Å². The minimum atomic E-state index is -3.22. The largest absolute Gasteiger partial charge is 0.373 e. The quantitative estimate of drug-likeness (QED) is 0.728. The number of nitrogens with zero attached hydrogens (tertiary/aromatic N) is 3. The summed E-state index contributed by atoms with van der Waals surface area (Å²) >= 11 is 13.4. The lowest BCUT2D eigenvalue weighted by Crippen LogP contribution is -2.42. The van der Waals surface area contributed by atoms with Gasteiger partial charge in [0.1, 0.15) is 11.0 Å². The summed E-state index contributed by atoms with van der Waals surface area (Å²) in [5.41, 5.74) is 1.62. The van der Waals surface area contributed by atoms with Gasteiger partial charge in [-0.2, -0.15) is 8.75 Å². The van der Waals surface area contributed by atoms with E-state index >= 15 is 0 Å². The number of sulfone groups is 1. The molecule has 1 aromatic carbocycles. The molecule has 7 nitrogen and oxygen atoms in total. The summed E-state index contributed by atoms with van der Waals surface area (Å²) in [6, 6.07) is 1.57. The van der Waals surface area contributed by atoms with Crippen molar-refractivity contribution in [2.75, 3.05) is 30.7 Å². The zero-order valence-corrected chi connectivity index (χ0v) is 17.5. The normalized spacial score (nSPS) is 15.9. The van der Waals surface area contributed by atoms with Gasteiger partial charge in [-0.05, 0) is 24.8 Å². The second kappa shape index (κ2) is 8.30. The van der Waals surface area contributed by atoms with Crippen LogP contribution in [0.4, 0.5) is 5.69 Å². The second-order valence-electron chi connectivity index (χ2n) is 6.35. The van der Waals surface area contributed by atoms with Gasteiger partial charge < -0.3 is 10.2 Å². The highest BCUT2D eigenvalue weighted by atomic mass is 35.5. The first-order valence-electron chi connectivity index (χ1n) is 8.28. The monoisotopic (exact) mass is 448 g/mol. The minimum absolute atomic E-state index is 0.0522. The number of fused-ring (bicyclic) bond motifs is 1. The first kappa shape index (κ1) is 20.3. The van der Waals surface area contributed by atoms with E-state index in [4.69, 9.17) is 23.2 Å². The Bertz CT molecular complexity index is 969. The van der Waals surface area contributed by atoms with Crippen LogP contribution < -0.4 is 5.32 Å². The van der Waals surface area contributed by atoms with Gasteiger partial charge in [-0.15, -0.1) is 0 Å². The van der Waals surface area contributed by atoms with E-state index < -0.39 is 9.84 Å². The molecule has 1 saturated heterocycles. The molecule has 11 heteroatoms. The topological polar surface area (TPSA) is 92.3 Å². The second-order valence-corrected chi connectivity index (χ2v) is 9.69. The van der Waals surface area contributed by atoms with E-state index in [1.165, 1.54) is 0 Å². The maximum absolute atomic E-state index is 12.5. The summed E-state index contributed by atoms with van der Waals surface area (Å²) in [5.74, 6) is 0.0604. The molecule has 3 rings (SSSR count).